The van der Waals surface area contributed by atoms with Crippen LogP contribution in [0.2, 0.25) is 0 Å². The minimum absolute atomic E-state index is 0.0220. The second-order valence-corrected chi connectivity index (χ2v) is 13.4. The largest absolute Gasteiger partial charge is 0.493 e. The molecule has 2 aliphatic rings. The normalized spacial score (nSPS) is 22.8. The van der Waals surface area contributed by atoms with Crippen LogP contribution in [0.3, 0.4) is 0 Å². The smallest absolute Gasteiger partial charge is 0.320 e. The average Bonchev–Trinajstić information content (AvgIpc) is 3.04. The minimum Gasteiger partial charge on any atom is -0.493 e. The Morgan fingerprint density at radius 1 is 0.978 bits per heavy atom. The highest BCUT2D eigenvalue weighted by molar-refractivity contribution is 5.92. The van der Waals surface area contributed by atoms with Crippen LogP contribution >= 0.6 is 0 Å². The van der Waals surface area contributed by atoms with Gasteiger partial charge in [0.1, 0.15) is 5.41 Å². The lowest BCUT2D eigenvalue weighted by Crippen LogP contribution is -2.61. The Hall–Kier alpha value is -3.85. The van der Waals surface area contributed by atoms with Crippen molar-refractivity contribution in [3.63, 3.8) is 0 Å². The van der Waals surface area contributed by atoms with E-state index in [0.717, 1.165) is 24.8 Å². The molecule has 2 aromatic rings. The van der Waals surface area contributed by atoms with E-state index in [1.807, 2.05) is 49.4 Å². The molecule has 0 saturated carbocycles. The molecule has 9 heteroatoms. The summed E-state index contributed by atoms with van der Waals surface area (Å²) in [7, 11) is 4.53. The molecule has 0 aliphatic carbocycles. The van der Waals surface area contributed by atoms with E-state index in [-0.39, 0.29) is 36.2 Å². The van der Waals surface area contributed by atoms with Gasteiger partial charge in [-0.2, -0.15) is 0 Å². The van der Waals surface area contributed by atoms with Crippen molar-refractivity contribution in [2.75, 3.05) is 34.4 Å². The number of amides is 2. The number of hydrogen-bond acceptors (Lipinski definition) is 7. The maximum absolute atomic E-state index is 14.3. The summed E-state index contributed by atoms with van der Waals surface area (Å²) in [6.45, 7) is 8.90. The number of esters is 1. The first kappa shape index (κ1) is 35.0. The van der Waals surface area contributed by atoms with Gasteiger partial charge in [-0.3, -0.25) is 14.4 Å². The Kier molecular flexibility index (Phi) is 11.5. The van der Waals surface area contributed by atoms with Crippen LogP contribution in [0.15, 0.2) is 60.3 Å². The lowest BCUT2D eigenvalue weighted by atomic mass is 9.65. The van der Waals surface area contributed by atoms with E-state index in [2.05, 4.69) is 38.2 Å². The maximum Gasteiger partial charge on any atom is 0.320 e. The van der Waals surface area contributed by atoms with Crippen molar-refractivity contribution in [2.45, 2.75) is 78.4 Å². The van der Waals surface area contributed by atoms with Gasteiger partial charge in [-0.1, -0.05) is 57.2 Å². The quantitative estimate of drug-likeness (QED) is 0.229. The summed E-state index contributed by atoms with van der Waals surface area (Å²) in [5, 5.41) is 3.00. The van der Waals surface area contributed by atoms with E-state index in [1.54, 1.807) is 19.1 Å². The van der Waals surface area contributed by atoms with Gasteiger partial charge in [-0.05, 0) is 73.8 Å². The van der Waals surface area contributed by atoms with Crippen molar-refractivity contribution in [3.05, 3.63) is 71.4 Å². The molecular formula is C37H50N2O7. The van der Waals surface area contributed by atoms with Crippen LogP contribution in [0.5, 0.6) is 11.5 Å². The molecule has 46 heavy (non-hydrogen) atoms. The van der Waals surface area contributed by atoms with Gasteiger partial charge in [0.05, 0.1) is 33.5 Å². The summed E-state index contributed by atoms with van der Waals surface area (Å²) in [6, 6.07) is 15.9. The number of methoxy groups -OCH3 is 3. The predicted molar refractivity (Wildman–Crippen MR) is 176 cm³/mol. The number of hydrogen-bond donors (Lipinski definition) is 1. The molecule has 0 bridgehead atoms. The topological polar surface area (TPSA) is 103 Å². The molecule has 2 aromatic carbocycles. The van der Waals surface area contributed by atoms with Crippen LogP contribution in [-0.4, -0.2) is 69.3 Å². The summed E-state index contributed by atoms with van der Waals surface area (Å²) >= 11 is 0. The second-order valence-electron chi connectivity index (χ2n) is 13.4. The van der Waals surface area contributed by atoms with E-state index in [4.69, 9.17) is 18.9 Å². The third-order valence-corrected chi connectivity index (χ3v) is 9.25. The number of carbonyl (C=O) groups excluding carboxylic acids is 3. The van der Waals surface area contributed by atoms with E-state index in [9.17, 15) is 14.4 Å². The second kappa shape index (κ2) is 15.2. The Morgan fingerprint density at radius 3 is 2.35 bits per heavy atom. The number of piperidine rings is 1. The summed E-state index contributed by atoms with van der Waals surface area (Å²) in [5.74, 6) is -0.352. The van der Waals surface area contributed by atoms with Crippen molar-refractivity contribution >= 4 is 17.8 Å². The monoisotopic (exact) mass is 634 g/mol. The van der Waals surface area contributed by atoms with Gasteiger partial charge in [0.2, 0.25) is 11.8 Å². The molecule has 250 valence electrons. The van der Waals surface area contributed by atoms with Gasteiger partial charge in [0.15, 0.2) is 11.5 Å². The summed E-state index contributed by atoms with van der Waals surface area (Å²) in [4.78, 5) is 42.9. The number of nitrogens with one attached hydrogen (secondary N) is 1. The number of carbonyl (C=O) groups is 3. The fraction of sp³-hybridized carbons (Fsp3) is 0.541. The summed E-state index contributed by atoms with van der Waals surface area (Å²) < 4.78 is 22.8. The standard InChI is InChI=1S/C37H50N2O7/c1-25-37(35(42)45-7)24-28(22-33(40)38-19-12-11-15-26-13-9-8-10-14-26)34(41)39(31(37)23-32(46-25)36(2,3)4)20-18-27-16-17-29(43-5)30(21-27)44-6/h8-10,13-14,16-17,21,23,25,28,32H,11-12,15,18-20,22,24H2,1-7H3,(H,38,40)/t25-,28+,32-,37+/m1/s1. The van der Waals surface area contributed by atoms with Crippen LogP contribution in [0.4, 0.5) is 0 Å². The van der Waals surface area contributed by atoms with Gasteiger partial charge < -0.3 is 29.2 Å². The molecule has 0 aromatic heterocycles. The molecule has 9 nitrogen and oxygen atoms in total. The molecule has 4 rings (SSSR count). The van der Waals surface area contributed by atoms with Crippen LogP contribution in [-0.2, 0) is 36.7 Å². The summed E-state index contributed by atoms with van der Waals surface area (Å²) in [5.41, 5.74) is 1.30. The third-order valence-electron chi connectivity index (χ3n) is 9.25. The highest BCUT2D eigenvalue weighted by Crippen LogP contribution is 2.51. The number of aryl methyl sites for hydroxylation is 1. The Balaban J connectivity index is 1.57. The van der Waals surface area contributed by atoms with Crippen molar-refractivity contribution < 1.29 is 33.3 Å². The predicted octanol–water partition coefficient (Wildman–Crippen LogP) is 5.50. The van der Waals surface area contributed by atoms with Gasteiger partial charge in [-0.25, -0.2) is 0 Å². The number of ether oxygens (including phenoxy) is 4. The van der Waals surface area contributed by atoms with Crippen LogP contribution < -0.4 is 14.8 Å². The molecule has 1 fully saturated rings. The van der Waals surface area contributed by atoms with Crippen molar-refractivity contribution in [1.82, 2.24) is 10.2 Å². The first-order valence-corrected chi connectivity index (χ1v) is 16.2. The lowest BCUT2D eigenvalue weighted by Gasteiger charge is -2.53. The van der Waals surface area contributed by atoms with Crippen molar-refractivity contribution in [2.24, 2.45) is 16.7 Å². The number of unbranched alkanes of at least 4 members (excludes halogenated alkanes) is 1. The van der Waals surface area contributed by atoms with Crippen LogP contribution in [0.1, 0.15) is 64.5 Å². The summed E-state index contributed by atoms with van der Waals surface area (Å²) in [6.07, 6.45) is 4.34. The number of nitrogens with zero attached hydrogens (tertiary/aromatic N) is 1. The van der Waals surface area contributed by atoms with Crippen molar-refractivity contribution in [3.8, 4) is 11.5 Å². The number of benzene rings is 2. The molecule has 0 spiro atoms. The van der Waals surface area contributed by atoms with E-state index in [0.29, 0.717) is 36.7 Å². The van der Waals surface area contributed by atoms with Crippen LogP contribution in [0.25, 0.3) is 0 Å². The fourth-order valence-corrected chi connectivity index (χ4v) is 6.57. The lowest BCUT2D eigenvalue weighted by molar-refractivity contribution is -0.180. The molecule has 0 radical (unpaired) electrons. The van der Waals surface area contributed by atoms with E-state index in [1.165, 1.54) is 12.7 Å². The third kappa shape index (κ3) is 7.74. The van der Waals surface area contributed by atoms with E-state index < -0.39 is 23.4 Å². The van der Waals surface area contributed by atoms with Crippen molar-refractivity contribution in [1.29, 1.82) is 0 Å². The average molecular weight is 635 g/mol. The SMILES string of the molecule is COC(=O)[C@]12C[C@H](CC(=O)NCCCCc3ccccc3)C(=O)N(CCc3ccc(OC)c(OC)c3)C1=C[C@H](C(C)(C)C)O[C@@H]2C. The van der Waals surface area contributed by atoms with Gasteiger partial charge in [0, 0.05) is 31.1 Å². The molecule has 1 N–H and O–H groups in total. The molecule has 2 amide bonds. The number of fused-ring (bicyclic) bond motifs is 1. The highest BCUT2D eigenvalue weighted by Gasteiger charge is 2.60. The zero-order chi connectivity index (χ0) is 33.5. The Morgan fingerprint density at radius 2 is 1.70 bits per heavy atom. The molecule has 1 saturated heterocycles. The zero-order valence-corrected chi connectivity index (χ0v) is 28.4. The molecule has 4 atom stereocenters. The van der Waals surface area contributed by atoms with Crippen LogP contribution in [0, 0.1) is 16.7 Å². The number of rotatable bonds is 13. The van der Waals surface area contributed by atoms with E-state index >= 15 is 0 Å². The Labute approximate surface area is 273 Å². The minimum atomic E-state index is -1.23. The van der Waals surface area contributed by atoms with Gasteiger partial charge in [0.25, 0.3) is 0 Å². The first-order valence-electron chi connectivity index (χ1n) is 16.2. The Bertz CT molecular complexity index is 1400. The van der Waals surface area contributed by atoms with Gasteiger partial charge >= 0.3 is 5.97 Å². The molecule has 2 heterocycles. The maximum atomic E-state index is 14.3. The first-order chi connectivity index (χ1) is 21.9. The number of likely N-dealkylation sites (tertiary alicyclic amines) is 1. The highest BCUT2D eigenvalue weighted by atomic mass is 16.5. The fourth-order valence-electron chi connectivity index (χ4n) is 6.57. The molecule has 0 unspecified atom stereocenters. The zero-order valence-electron chi connectivity index (χ0n) is 28.4. The van der Waals surface area contributed by atoms with Gasteiger partial charge in [-0.15, -0.1) is 0 Å². The molecular weight excluding hydrogens is 584 g/mol. The molecule has 2 aliphatic heterocycles.